The van der Waals surface area contributed by atoms with Gasteiger partial charge in [-0.2, -0.15) is 10.2 Å². The predicted octanol–water partition coefficient (Wildman–Crippen LogP) is 6.70. The third kappa shape index (κ3) is 6.77. The molecule has 2 saturated heterocycles. The van der Waals surface area contributed by atoms with Gasteiger partial charge >= 0.3 is 11.8 Å². The summed E-state index contributed by atoms with van der Waals surface area (Å²) in [6.45, 7) is 12.1. The van der Waals surface area contributed by atoms with E-state index in [1.165, 1.54) is 5.56 Å². The first-order chi connectivity index (χ1) is 31.7. The van der Waals surface area contributed by atoms with Crippen LogP contribution in [0.5, 0.6) is 0 Å². The lowest BCUT2D eigenvalue weighted by Crippen LogP contribution is -2.49. The van der Waals surface area contributed by atoms with Gasteiger partial charge in [0.15, 0.2) is 0 Å². The summed E-state index contributed by atoms with van der Waals surface area (Å²) in [5.41, 5.74) is 8.76. The van der Waals surface area contributed by atoms with Gasteiger partial charge in [-0.25, -0.2) is 18.7 Å². The first-order valence-electron chi connectivity index (χ1n) is 22.7. The van der Waals surface area contributed by atoms with Crippen molar-refractivity contribution in [3.63, 3.8) is 0 Å². The molecule has 4 atom stereocenters. The molecule has 4 aliphatic rings. The van der Waals surface area contributed by atoms with Crippen molar-refractivity contribution in [3.8, 4) is 17.2 Å². The third-order valence-corrected chi connectivity index (χ3v) is 14.4. The number of methoxy groups -OCH3 is 1. The molecule has 1 aliphatic carbocycles. The monoisotopic (exact) mass is 896 g/mol. The summed E-state index contributed by atoms with van der Waals surface area (Å²) in [5.74, 6) is 0.370. The number of benzene rings is 3. The van der Waals surface area contributed by atoms with Gasteiger partial charge in [0.2, 0.25) is 0 Å². The van der Waals surface area contributed by atoms with Gasteiger partial charge in [0.05, 0.1) is 59.6 Å². The number of carbonyl (C=O) groups is 2. The average molecular weight is 897 g/mol. The lowest BCUT2D eigenvalue weighted by atomic mass is 9.83. The molecule has 3 aliphatic heterocycles. The highest BCUT2D eigenvalue weighted by molar-refractivity contribution is 5.99. The van der Waals surface area contributed by atoms with Crippen LogP contribution in [0.25, 0.3) is 39.0 Å². The minimum absolute atomic E-state index is 0.0963. The van der Waals surface area contributed by atoms with Crippen LogP contribution in [-0.4, -0.2) is 88.8 Å². The second-order valence-corrected chi connectivity index (χ2v) is 19.1. The maximum Gasteiger partial charge on any atom is 0.427 e. The third-order valence-electron chi connectivity index (χ3n) is 14.4. The molecule has 11 rings (SSSR count). The first-order valence-corrected chi connectivity index (χ1v) is 22.7. The maximum atomic E-state index is 15.4. The van der Waals surface area contributed by atoms with Crippen molar-refractivity contribution >= 4 is 33.8 Å². The number of carbonyl (C=O) groups excluding carboxylic acids is 2. The SMILES string of the molecule is COCCn1ncc2cc(-n3ccn(-c4c5c(nn4-c4cc(C)c(F)c(C)c4)CCN(C(=O)c4cc6cc(C7CCOC(C)(C)C7)ccc6n4[C@@]4(C6NOC(=O)N6)C[C@@H]4C)C5)c3=O)ccc21. The highest BCUT2D eigenvalue weighted by Gasteiger charge is 2.62. The molecule has 4 aromatic heterocycles. The smallest absolute Gasteiger partial charge is 0.383 e. The molecule has 66 heavy (non-hydrogen) atoms. The van der Waals surface area contributed by atoms with Crippen LogP contribution in [0, 0.1) is 25.6 Å². The van der Waals surface area contributed by atoms with E-state index in [0.29, 0.717) is 84.6 Å². The molecular formula is C49H53FN10O6. The van der Waals surface area contributed by atoms with Crippen molar-refractivity contribution in [3.05, 3.63) is 123 Å². The first kappa shape index (κ1) is 42.1. The van der Waals surface area contributed by atoms with Crippen molar-refractivity contribution in [2.24, 2.45) is 5.92 Å². The number of nitrogens with zero attached hydrogens (tertiary/aromatic N) is 8. The fourth-order valence-electron chi connectivity index (χ4n) is 10.9. The number of imidazole rings is 1. The average Bonchev–Trinajstić information content (AvgIpc) is 3.94. The number of aryl methyl sites for hydroxylation is 2. The standard InChI is InChI=1S/C49H53FN10O6/c1-28-19-36(20-29(2)42(28)50)60-43(57-15-14-56(47(57)63)35-8-10-39-34(22-35)26-51-58(39)16-18-64-6)37-27-55(13-11-38(37)53-60)44(61)41-23-33-21-31(32-12-17-65-48(4,5)25-32)7-9-40(33)59(41)49(24-30(49)3)45-52-46(62)66-54-45/h7-10,14-15,19-23,26,30,32,45,54H,11-13,16-18,24-25,27H2,1-6H3,(H,52,62)/t30-,32?,45?,49-/m0/s1. The van der Waals surface area contributed by atoms with Crippen molar-refractivity contribution in [1.82, 2.24) is 49.0 Å². The zero-order chi connectivity index (χ0) is 45.8. The van der Waals surface area contributed by atoms with Gasteiger partial charge in [0.1, 0.15) is 23.5 Å². The molecular weight excluding hydrogens is 844 g/mol. The van der Waals surface area contributed by atoms with E-state index in [9.17, 15) is 9.59 Å². The zero-order valence-corrected chi connectivity index (χ0v) is 37.9. The molecule has 0 radical (unpaired) electrons. The Balaban J connectivity index is 1.01. The summed E-state index contributed by atoms with van der Waals surface area (Å²) < 4.78 is 35.3. The Morgan fingerprint density at radius 1 is 0.970 bits per heavy atom. The van der Waals surface area contributed by atoms with Gasteiger partial charge in [-0.05, 0) is 124 Å². The number of halogens is 1. The highest BCUT2D eigenvalue weighted by atomic mass is 19.1. The van der Waals surface area contributed by atoms with E-state index in [1.807, 2.05) is 33.8 Å². The maximum absolute atomic E-state index is 15.4. The van der Waals surface area contributed by atoms with Crippen LogP contribution in [0.3, 0.4) is 0 Å². The van der Waals surface area contributed by atoms with Gasteiger partial charge in [-0.15, -0.1) is 5.48 Å². The molecule has 7 aromatic rings. The molecule has 2 N–H and O–H groups in total. The number of hydrogen-bond donors (Lipinski definition) is 2. The summed E-state index contributed by atoms with van der Waals surface area (Å²) in [7, 11) is 1.65. The Morgan fingerprint density at radius 3 is 2.47 bits per heavy atom. The van der Waals surface area contributed by atoms with E-state index in [4.69, 9.17) is 19.4 Å². The summed E-state index contributed by atoms with van der Waals surface area (Å²) >= 11 is 0. The molecule has 2 amide bonds. The number of amides is 2. The van der Waals surface area contributed by atoms with E-state index in [-0.39, 0.29) is 35.5 Å². The lowest BCUT2D eigenvalue weighted by Gasteiger charge is -2.35. The van der Waals surface area contributed by atoms with Crippen LogP contribution in [-0.2, 0) is 39.4 Å². The Labute approximate surface area is 379 Å². The van der Waals surface area contributed by atoms with Gasteiger partial charge in [-0.1, -0.05) is 13.0 Å². The normalized spacial score (nSPS) is 22.5. The van der Waals surface area contributed by atoms with Crippen LogP contribution < -0.4 is 16.5 Å². The molecule has 1 saturated carbocycles. The van der Waals surface area contributed by atoms with Crippen LogP contribution in [0.4, 0.5) is 9.18 Å². The molecule has 2 unspecified atom stereocenters. The number of hydrogen-bond acceptors (Lipinski definition) is 9. The van der Waals surface area contributed by atoms with E-state index >= 15 is 9.18 Å². The summed E-state index contributed by atoms with van der Waals surface area (Å²) in [5, 5.41) is 14.4. The predicted molar refractivity (Wildman–Crippen MR) is 244 cm³/mol. The molecule has 3 aromatic carbocycles. The van der Waals surface area contributed by atoms with Crippen LogP contribution >= 0.6 is 0 Å². The minimum Gasteiger partial charge on any atom is -0.383 e. The second-order valence-electron chi connectivity index (χ2n) is 19.1. The molecule has 17 heteroatoms. The van der Waals surface area contributed by atoms with Gasteiger partial charge in [0, 0.05) is 60.9 Å². The summed E-state index contributed by atoms with van der Waals surface area (Å²) in [4.78, 5) is 49.6. The van der Waals surface area contributed by atoms with Gasteiger partial charge in [0.25, 0.3) is 5.91 Å². The van der Waals surface area contributed by atoms with Crippen LogP contribution in [0.1, 0.15) is 84.4 Å². The van der Waals surface area contributed by atoms with Gasteiger partial charge < -0.3 is 23.8 Å². The fraction of sp³-hybridized carbons (Fsp3) is 0.408. The summed E-state index contributed by atoms with van der Waals surface area (Å²) in [6.07, 6.45) is 6.99. The molecule has 16 nitrogen and oxygen atoms in total. The van der Waals surface area contributed by atoms with Crippen molar-refractivity contribution in [2.45, 2.75) is 96.6 Å². The molecule has 0 bridgehead atoms. The van der Waals surface area contributed by atoms with Gasteiger partial charge in [-0.3, -0.25) is 23.9 Å². The Bertz CT molecular complexity index is 3150. The van der Waals surface area contributed by atoms with Crippen LogP contribution in [0.15, 0.2) is 78.0 Å². The molecule has 342 valence electrons. The zero-order valence-electron chi connectivity index (χ0n) is 37.9. The fourth-order valence-corrected chi connectivity index (χ4v) is 10.9. The largest absolute Gasteiger partial charge is 0.427 e. The number of hydroxylamine groups is 1. The topological polar surface area (TPSA) is 157 Å². The minimum atomic E-state index is -0.682. The Kier molecular flexibility index (Phi) is 9.90. The van der Waals surface area contributed by atoms with Crippen molar-refractivity contribution < 1.29 is 28.3 Å². The number of nitrogens with one attached hydrogen (secondary N) is 2. The Morgan fingerprint density at radius 2 is 1.74 bits per heavy atom. The summed E-state index contributed by atoms with van der Waals surface area (Å²) in [6, 6.07) is 17.7. The van der Waals surface area contributed by atoms with Crippen molar-refractivity contribution in [2.75, 3.05) is 26.9 Å². The van der Waals surface area contributed by atoms with E-state index in [2.05, 4.69) is 59.4 Å². The van der Waals surface area contributed by atoms with E-state index in [0.717, 1.165) is 40.3 Å². The van der Waals surface area contributed by atoms with E-state index in [1.54, 1.807) is 65.5 Å². The number of aromatic nitrogens is 7. The van der Waals surface area contributed by atoms with Crippen LogP contribution in [0.2, 0.25) is 0 Å². The Hall–Kier alpha value is -6.56. The highest BCUT2D eigenvalue weighted by Crippen LogP contribution is 2.55. The van der Waals surface area contributed by atoms with E-state index < -0.39 is 17.8 Å². The molecule has 3 fully saturated rings. The van der Waals surface area contributed by atoms with Crippen molar-refractivity contribution in [1.29, 1.82) is 0 Å². The number of ether oxygens (including phenoxy) is 2. The number of rotatable bonds is 10. The lowest BCUT2D eigenvalue weighted by molar-refractivity contribution is -0.0592. The molecule has 0 spiro atoms. The molecule has 7 heterocycles. The number of fused-ring (bicyclic) bond motifs is 3. The quantitative estimate of drug-likeness (QED) is 0.153. The second kappa shape index (κ2) is 15.5.